The largest absolute Gasteiger partial charge is 0.494 e. The fourth-order valence-electron chi connectivity index (χ4n) is 4.28. The minimum atomic E-state index is -3.63. The molecule has 0 aliphatic carbocycles. The van der Waals surface area contributed by atoms with Crippen molar-refractivity contribution in [2.75, 3.05) is 45.9 Å². The van der Waals surface area contributed by atoms with E-state index in [1.807, 2.05) is 24.0 Å². The highest BCUT2D eigenvalue weighted by atomic mass is 32.2. The summed E-state index contributed by atoms with van der Waals surface area (Å²) >= 11 is 0. The monoisotopic (exact) mass is 487 g/mol. The summed E-state index contributed by atoms with van der Waals surface area (Å²) in [6.45, 7) is 7.26. The minimum Gasteiger partial charge on any atom is -0.494 e. The van der Waals surface area contributed by atoms with E-state index in [1.54, 1.807) is 12.1 Å². The number of hydrogen-bond acceptors (Lipinski definition) is 6. The van der Waals surface area contributed by atoms with E-state index in [-0.39, 0.29) is 23.5 Å². The van der Waals surface area contributed by atoms with Gasteiger partial charge in [-0.05, 0) is 61.7 Å². The Bertz CT molecular complexity index is 1040. The lowest BCUT2D eigenvalue weighted by Crippen LogP contribution is -2.48. The lowest BCUT2D eigenvalue weighted by Gasteiger charge is -2.34. The number of nitrogens with zero attached hydrogens (tertiary/aromatic N) is 2. The zero-order valence-corrected chi connectivity index (χ0v) is 20.4. The minimum absolute atomic E-state index is 0.0660. The second-order valence-corrected chi connectivity index (χ2v) is 10.4. The number of sulfonamides is 1. The predicted molar refractivity (Wildman–Crippen MR) is 129 cm³/mol. The Morgan fingerprint density at radius 3 is 2.38 bits per heavy atom. The molecule has 8 nitrogen and oxygen atoms in total. The average Bonchev–Trinajstić information content (AvgIpc) is 3.38. The van der Waals surface area contributed by atoms with Crippen LogP contribution in [0.1, 0.15) is 35.7 Å². The van der Waals surface area contributed by atoms with Crippen molar-refractivity contribution < 1.29 is 22.7 Å². The number of benzene rings is 2. The molecule has 0 saturated carbocycles. The zero-order valence-electron chi connectivity index (χ0n) is 19.6. The Morgan fingerprint density at radius 1 is 1.06 bits per heavy atom. The van der Waals surface area contributed by atoms with Crippen molar-refractivity contribution in [2.24, 2.45) is 0 Å². The molecule has 2 aliphatic rings. The van der Waals surface area contributed by atoms with Crippen LogP contribution in [0.15, 0.2) is 53.4 Å². The summed E-state index contributed by atoms with van der Waals surface area (Å²) in [6.07, 6.45) is 1.76. The van der Waals surface area contributed by atoms with Crippen LogP contribution in [0.5, 0.6) is 5.75 Å². The quantitative estimate of drug-likeness (QED) is 0.585. The Kier molecular flexibility index (Phi) is 8.20. The van der Waals surface area contributed by atoms with Crippen LogP contribution in [0.3, 0.4) is 0 Å². The number of amides is 1. The molecule has 34 heavy (non-hydrogen) atoms. The molecule has 0 bridgehead atoms. The molecule has 0 spiro atoms. The molecule has 1 unspecified atom stereocenters. The number of carbonyl (C=O) groups excluding carboxylic acids is 1. The van der Waals surface area contributed by atoms with E-state index in [0.29, 0.717) is 31.9 Å². The van der Waals surface area contributed by atoms with Gasteiger partial charge in [0.2, 0.25) is 10.0 Å². The smallest absolute Gasteiger partial charge is 0.253 e. The van der Waals surface area contributed by atoms with Gasteiger partial charge in [0, 0.05) is 51.4 Å². The van der Waals surface area contributed by atoms with Gasteiger partial charge >= 0.3 is 0 Å². The van der Waals surface area contributed by atoms with Crippen molar-refractivity contribution in [3.05, 3.63) is 59.7 Å². The highest BCUT2D eigenvalue weighted by Gasteiger charge is 2.24. The number of carbonyl (C=O) groups is 1. The van der Waals surface area contributed by atoms with Gasteiger partial charge in [0.1, 0.15) is 5.75 Å². The third-order valence-electron chi connectivity index (χ3n) is 6.24. The summed E-state index contributed by atoms with van der Waals surface area (Å²) < 4.78 is 38.6. The van der Waals surface area contributed by atoms with E-state index in [4.69, 9.17) is 9.47 Å². The second-order valence-electron chi connectivity index (χ2n) is 8.66. The van der Waals surface area contributed by atoms with E-state index in [1.165, 1.54) is 17.7 Å². The third-order valence-corrected chi connectivity index (χ3v) is 7.68. The molecule has 1 atom stereocenters. The topological polar surface area (TPSA) is 88.2 Å². The van der Waals surface area contributed by atoms with Crippen molar-refractivity contribution >= 4 is 15.9 Å². The summed E-state index contributed by atoms with van der Waals surface area (Å²) in [4.78, 5) is 17.2. The van der Waals surface area contributed by atoms with Gasteiger partial charge in [-0.3, -0.25) is 9.69 Å². The van der Waals surface area contributed by atoms with Gasteiger partial charge in [0.25, 0.3) is 5.91 Å². The van der Waals surface area contributed by atoms with E-state index >= 15 is 0 Å². The van der Waals surface area contributed by atoms with Crippen LogP contribution in [0.4, 0.5) is 0 Å². The normalized spacial score (nSPS) is 19.3. The fourth-order valence-corrected chi connectivity index (χ4v) is 5.34. The van der Waals surface area contributed by atoms with E-state index in [0.717, 1.165) is 38.2 Å². The maximum Gasteiger partial charge on any atom is 0.253 e. The third kappa shape index (κ3) is 6.35. The number of hydrogen-bond donors (Lipinski definition) is 1. The van der Waals surface area contributed by atoms with Crippen LogP contribution in [-0.4, -0.2) is 76.2 Å². The molecular formula is C25H33N3O5S. The van der Waals surface area contributed by atoms with Crippen LogP contribution < -0.4 is 9.46 Å². The van der Waals surface area contributed by atoms with E-state index < -0.39 is 10.0 Å². The average molecular weight is 488 g/mol. The van der Waals surface area contributed by atoms with Gasteiger partial charge in [-0.2, -0.15) is 0 Å². The van der Waals surface area contributed by atoms with Crippen molar-refractivity contribution in [2.45, 2.75) is 37.3 Å². The zero-order chi connectivity index (χ0) is 24.0. The summed E-state index contributed by atoms with van der Waals surface area (Å²) in [5.41, 5.74) is 1.71. The van der Waals surface area contributed by atoms with Crippen molar-refractivity contribution in [3.8, 4) is 5.75 Å². The molecule has 2 heterocycles. The standard InChI is InChI=1S/C25H33N3O5S/c1-2-32-22-9-5-20(6-10-22)19-27-13-15-28(16-14-27)25(29)21-7-11-24(12-8-21)34(30,31)26-18-23-4-3-17-33-23/h5-12,23,26H,2-4,13-19H2,1H3. The van der Waals surface area contributed by atoms with Crippen LogP contribution >= 0.6 is 0 Å². The van der Waals surface area contributed by atoms with E-state index in [2.05, 4.69) is 21.8 Å². The molecule has 2 fully saturated rings. The lowest BCUT2D eigenvalue weighted by molar-refractivity contribution is 0.0628. The molecule has 1 amide bonds. The molecule has 2 aliphatic heterocycles. The van der Waals surface area contributed by atoms with Crippen LogP contribution in [0.25, 0.3) is 0 Å². The van der Waals surface area contributed by atoms with Gasteiger partial charge in [-0.1, -0.05) is 12.1 Å². The molecule has 2 aromatic carbocycles. The highest BCUT2D eigenvalue weighted by molar-refractivity contribution is 7.89. The Balaban J connectivity index is 1.27. The molecule has 9 heteroatoms. The van der Waals surface area contributed by atoms with Gasteiger partial charge in [0.15, 0.2) is 0 Å². The first-order valence-electron chi connectivity index (χ1n) is 11.9. The van der Waals surface area contributed by atoms with E-state index in [9.17, 15) is 13.2 Å². The predicted octanol–water partition coefficient (Wildman–Crippen LogP) is 2.50. The second kappa shape index (κ2) is 11.3. The van der Waals surface area contributed by atoms with Crippen LogP contribution in [0, 0.1) is 0 Å². The molecule has 184 valence electrons. The Labute approximate surface area is 201 Å². The van der Waals surface area contributed by atoms with Crippen molar-refractivity contribution in [1.82, 2.24) is 14.5 Å². The van der Waals surface area contributed by atoms with Crippen LogP contribution in [0.2, 0.25) is 0 Å². The number of ether oxygens (including phenoxy) is 2. The molecule has 0 aromatic heterocycles. The Hall–Kier alpha value is -2.46. The van der Waals surface area contributed by atoms with Gasteiger partial charge in [-0.25, -0.2) is 13.1 Å². The van der Waals surface area contributed by atoms with Crippen molar-refractivity contribution in [3.63, 3.8) is 0 Å². The molecule has 4 rings (SSSR count). The first-order chi connectivity index (χ1) is 16.4. The molecule has 1 N–H and O–H groups in total. The highest BCUT2D eigenvalue weighted by Crippen LogP contribution is 2.17. The first kappa shape index (κ1) is 24.7. The number of piperazine rings is 1. The van der Waals surface area contributed by atoms with Gasteiger partial charge in [0.05, 0.1) is 17.6 Å². The fraction of sp³-hybridized carbons (Fsp3) is 0.480. The van der Waals surface area contributed by atoms with Gasteiger partial charge < -0.3 is 14.4 Å². The van der Waals surface area contributed by atoms with Crippen LogP contribution in [-0.2, 0) is 21.3 Å². The van der Waals surface area contributed by atoms with Gasteiger partial charge in [-0.15, -0.1) is 0 Å². The number of rotatable bonds is 9. The summed E-state index contributed by atoms with van der Waals surface area (Å²) in [7, 11) is -3.63. The lowest BCUT2D eigenvalue weighted by atomic mass is 10.1. The maximum absolute atomic E-state index is 12.9. The summed E-state index contributed by atoms with van der Waals surface area (Å²) in [6, 6.07) is 14.3. The first-order valence-corrected chi connectivity index (χ1v) is 13.4. The van der Waals surface area contributed by atoms with Crippen molar-refractivity contribution in [1.29, 1.82) is 0 Å². The molecule has 2 saturated heterocycles. The maximum atomic E-state index is 12.9. The number of nitrogens with one attached hydrogen (secondary N) is 1. The SMILES string of the molecule is CCOc1ccc(CN2CCN(C(=O)c3ccc(S(=O)(=O)NCC4CCCO4)cc3)CC2)cc1. The summed E-state index contributed by atoms with van der Waals surface area (Å²) in [5.74, 6) is 0.802. The molecule has 0 radical (unpaired) electrons. The Morgan fingerprint density at radius 2 is 1.76 bits per heavy atom. The summed E-state index contributed by atoms with van der Waals surface area (Å²) in [5, 5.41) is 0. The molecule has 2 aromatic rings. The molecular weight excluding hydrogens is 454 g/mol.